The van der Waals surface area contributed by atoms with Gasteiger partial charge in [-0.15, -0.1) is 5.10 Å². The molecule has 0 spiro atoms. The summed E-state index contributed by atoms with van der Waals surface area (Å²) in [4.78, 5) is 0. The molecule has 2 aromatic rings. The third-order valence-electron chi connectivity index (χ3n) is 2.19. The number of hydrogen-bond donors (Lipinski definition) is 1. The molecule has 0 fully saturated rings. The zero-order valence-electron chi connectivity index (χ0n) is 10.3. The van der Waals surface area contributed by atoms with Crippen LogP contribution in [0.3, 0.4) is 0 Å². The van der Waals surface area contributed by atoms with Crippen molar-refractivity contribution in [2.75, 3.05) is 6.54 Å². The molecule has 0 aliphatic heterocycles. The van der Waals surface area contributed by atoms with E-state index in [4.69, 9.17) is 4.74 Å². The van der Waals surface area contributed by atoms with Crippen LogP contribution in [-0.2, 0) is 6.54 Å². The van der Waals surface area contributed by atoms with Crippen molar-refractivity contribution in [1.29, 1.82) is 0 Å². The van der Waals surface area contributed by atoms with E-state index < -0.39 is 11.6 Å². The van der Waals surface area contributed by atoms with Gasteiger partial charge in [0.05, 0.1) is 0 Å². The van der Waals surface area contributed by atoms with E-state index in [1.165, 1.54) is 11.3 Å². The summed E-state index contributed by atoms with van der Waals surface area (Å²) in [6.07, 6.45) is 1.03. The van der Waals surface area contributed by atoms with Gasteiger partial charge in [-0.25, -0.2) is 8.78 Å². The van der Waals surface area contributed by atoms with Gasteiger partial charge in [0.2, 0.25) is 0 Å². The monoisotopic (exact) mass is 285 g/mol. The van der Waals surface area contributed by atoms with Crippen LogP contribution < -0.4 is 10.1 Å². The van der Waals surface area contributed by atoms with Crippen LogP contribution in [0.4, 0.5) is 8.78 Å². The number of nitrogens with one attached hydrogen (secondary N) is 1. The smallest absolute Gasteiger partial charge is 0.299 e. The second-order valence-electron chi connectivity index (χ2n) is 3.85. The first-order valence-corrected chi connectivity index (χ1v) is 6.66. The van der Waals surface area contributed by atoms with Crippen molar-refractivity contribution in [3.05, 3.63) is 34.8 Å². The Bertz CT molecular complexity index is 527. The highest BCUT2D eigenvalue weighted by Gasteiger charge is 2.08. The molecule has 7 heteroatoms. The molecule has 1 aromatic carbocycles. The van der Waals surface area contributed by atoms with Crippen LogP contribution >= 0.6 is 11.3 Å². The van der Waals surface area contributed by atoms with Gasteiger partial charge >= 0.3 is 0 Å². The maximum absolute atomic E-state index is 13.0. The predicted molar refractivity (Wildman–Crippen MR) is 68.3 cm³/mol. The molecule has 0 unspecified atom stereocenters. The molecule has 0 aliphatic rings. The van der Waals surface area contributed by atoms with Crippen LogP contribution in [0, 0.1) is 11.6 Å². The Hall–Kier alpha value is -1.60. The lowest BCUT2D eigenvalue weighted by atomic mass is 10.3. The zero-order chi connectivity index (χ0) is 13.7. The molecule has 0 radical (unpaired) electrons. The molecule has 1 heterocycles. The SMILES string of the molecule is CCCNCc1nnc(Oc2cc(F)cc(F)c2)s1. The molecule has 0 saturated carbocycles. The Balaban J connectivity index is 1.99. The molecule has 0 atom stereocenters. The topological polar surface area (TPSA) is 47.0 Å². The first kappa shape index (κ1) is 13.8. The summed E-state index contributed by atoms with van der Waals surface area (Å²) >= 11 is 1.24. The average molecular weight is 285 g/mol. The van der Waals surface area contributed by atoms with Gasteiger partial charge in [0.25, 0.3) is 5.19 Å². The standard InChI is InChI=1S/C12H13F2N3OS/c1-2-3-15-7-11-16-17-12(19-11)18-10-5-8(13)4-9(14)6-10/h4-6,15H,2-3,7H2,1H3. The maximum Gasteiger partial charge on any atom is 0.299 e. The van der Waals surface area contributed by atoms with E-state index in [1.807, 2.05) is 0 Å². The van der Waals surface area contributed by atoms with Crippen molar-refractivity contribution in [1.82, 2.24) is 15.5 Å². The first-order chi connectivity index (χ1) is 9.17. The van der Waals surface area contributed by atoms with Gasteiger partial charge in [0.15, 0.2) is 0 Å². The van der Waals surface area contributed by atoms with Crippen molar-refractivity contribution >= 4 is 11.3 Å². The fourth-order valence-corrected chi connectivity index (χ4v) is 2.09. The van der Waals surface area contributed by atoms with E-state index in [2.05, 4.69) is 22.4 Å². The Morgan fingerprint density at radius 1 is 1.21 bits per heavy atom. The molecule has 0 amide bonds. The number of rotatable bonds is 6. The number of ether oxygens (including phenoxy) is 1. The van der Waals surface area contributed by atoms with Gasteiger partial charge in [0.1, 0.15) is 22.4 Å². The summed E-state index contributed by atoms with van der Waals surface area (Å²) in [5.74, 6) is -1.31. The highest BCUT2D eigenvalue weighted by Crippen LogP contribution is 2.26. The molecule has 102 valence electrons. The van der Waals surface area contributed by atoms with E-state index in [1.54, 1.807) is 0 Å². The van der Waals surface area contributed by atoms with Crippen LogP contribution in [0.5, 0.6) is 10.9 Å². The van der Waals surface area contributed by atoms with Gasteiger partial charge in [-0.3, -0.25) is 0 Å². The molecular formula is C12H13F2N3OS. The van der Waals surface area contributed by atoms with Gasteiger partial charge in [0, 0.05) is 24.7 Å². The Morgan fingerprint density at radius 2 is 1.95 bits per heavy atom. The lowest BCUT2D eigenvalue weighted by Crippen LogP contribution is -2.13. The number of halogens is 2. The molecule has 0 bridgehead atoms. The van der Waals surface area contributed by atoms with Crippen molar-refractivity contribution in [2.24, 2.45) is 0 Å². The number of benzene rings is 1. The fraction of sp³-hybridized carbons (Fsp3) is 0.333. The van der Waals surface area contributed by atoms with E-state index in [9.17, 15) is 8.78 Å². The van der Waals surface area contributed by atoms with Crippen molar-refractivity contribution < 1.29 is 13.5 Å². The van der Waals surface area contributed by atoms with E-state index in [-0.39, 0.29) is 10.9 Å². The minimum atomic E-state index is -0.690. The van der Waals surface area contributed by atoms with Gasteiger partial charge in [-0.2, -0.15) is 0 Å². The van der Waals surface area contributed by atoms with Crippen LogP contribution in [0.25, 0.3) is 0 Å². The third kappa shape index (κ3) is 4.22. The Kier molecular flexibility index (Phi) is 4.75. The van der Waals surface area contributed by atoms with E-state index >= 15 is 0 Å². The quantitative estimate of drug-likeness (QED) is 0.828. The largest absolute Gasteiger partial charge is 0.430 e. The van der Waals surface area contributed by atoms with Crippen LogP contribution in [0.1, 0.15) is 18.4 Å². The molecule has 19 heavy (non-hydrogen) atoms. The lowest BCUT2D eigenvalue weighted by Gasteiger charge is -2.01. The molecule has 1 aromatic heterocycles. The second-order valence-corrected chi connectivity index (χ2v) is 4.87. The van der Waals surface area contributed by atoms with Gasteiger partial charge in [-0.05, 0) is 13.0 Å². The summed E-state index contributed by atoms with van der Waals surface area (Å²) in [6.45, 7) is 3.57. The first-order valence-electron chi connectivity index (χ1n) is 5.84. The summed E-state index contributed by atoms with van der Waals surface area (Å²) in [5, 5.41) is 11.9. The molecule has 1 N–H and O–H groups in total. The van der Waals surface area contributed by atoms with Crippen LogP contribution in [-0.4, -0.2) is 16.7 Å². The van der Waals surface area contributed by atoms with Crippen molar-refractivity contribution in [2.45, 2.75) is 19.9 Å². The summed E-state index contributed by atoms with van der Waals surface area (Å²) < 4.78 is 31.2. The van der Waals surface area contributed by atoms with E-state index in [0.717, 1.165) is 36.2 Å². The zero-order valence-corrected chi connectivity index (χ0v) is 11.1. The highest BCUT2D eigenvalue weighted by atomic mass is 32.1. The molecule has 2 rings (SSSR count). The van der Waals surface area contributed by atoms with Crippen LogP contribution in [0.2, 0.25) is 0 Å². The van der Waals surface area contributed by atoms with Crippen molar-refractivity contribution in [3.8, 4) is 10.9 Å². The van der Waals surface area contributed by atoms with E-state index in [0.29, 0.717) is 6.54 Å². The fourth-order valence-electron chi connectivity index (χ4n) is 1.41. The minimum Gasteiger partial charge on any atom is -0.430 e. The predicted octanol–water partition coefficient (Wildman–Crippen LogP) is 3.11. The number of aromatic nitrogens is 2. The summed E-state index contributed by atoms with van der Waals surface area (Å²) in [5.41, 5.74) is 0. The molecule has 4 nitrogen and oxygen atoms in total. The lowest BCUT2D eigenvalue weighted by molar-refractivity contribution is 0.460. The van der Waals surface area contributed by atoms with Gasteiger partial charge in [-0.1, -0.05) is 23.4 Å². The number of nitrogens with zero attached hydrogens (tertiary/aromatic N) is 2. The number of hydrogen-bond acceptors (Lipinski definition) is 5. The average Bonchev–Trinajstić information content (AvgIpc) is 2.76. The van der Waals surface area contributed by atoms with Crippen molar-refractivity contribution in [3.63, 3.8) is 0 Å². The third-order valence-corrected chi connectivity index (χ3v) is 2.99. The molecule has 0 aliphatic carbocycles. The Morgan fingerprint density at radius 3 is 2.63 bits per heavy atom. The maximum atomic E-state index is 13.0. The van der Waals surface area contributed by atoms with Gasteiger partial charge < -0.3 is 10.1 Å². The molecular weight excluding hydrogens is 272 g/mol. The normalized spacial score (nSPS) is 10.7. The minimum absolute atomic E-state index is 0.0710. The second kappa shape index (κ2) is 6.53. The summed E-state index contributed by atoms with van der Waals surface area (Å²) in [6, 6.07) is 2.98. The van der Waals surface area contributed by atoms with Crippen LogP contribution in [0.15, 0.2) is 18.2 Å². The Labute approximate surface area is 113 Å². The highest BCUT2D eigenvalue weighted by molar-refractivity contribution is 7.13. The molecule has 0 saturated heterocycles. The summed E-state index contributed by atoms with van der Waals surface area (Å²) in [7, 11) is 0.